The van der Waals surface area contributed by atoms with E-state index in [1.807, 2.05) is 0 Å². The van der Waals surface area contributed by atoms with Crippen molar-refractivity contribution in [3.8, 4) is 0 Å². The summed E-state index contributed by atoms with van der Waals surface area (Å²) in [5.74, 6) is -0.267. The number of rotatable bonds is 3. The molecule has 1 fully saturated rings. The van der Waals surface area contributed by atoms with Gasteiger partial charge in [-0.05, 0) is 25.3 Å². The number of hydrogen-bond acceptors (Lipinski definition) is 3. The van der Waals surface area contributed by atoms with E-state index in [2.05, 4.69) is 15.9 Å². The molecule has 21 heavy (non-hydrogen) atoms. The second kappa shape index (κ2) is 6.56. The van der Waals surface area contributed by atoms with Crippen molar-refractivity contribution in [1.29, 1.82) is 0 Å². The monoisotopic (exact) mass is 354 g/mol. The lowest BCUT2D eigenvalue weighted by atomic mass is 9.93. The van der Waals surface area contributed by atoms with Gasteiger partial charge >= 0.3 is 0 Å². The second-order valence-corrected chi connectivity index (χ2v) is 6.69. The molecule has 5 nitrogen and oxygen atoms in total. The number of hydrogen-bond donors (Lipinski definition) is 0. The molecule has 2 rings (SSSR count). The quantitative estimate of drug-likeness (QED) is 0.472. The van der Waals surface area contributed by atoms with Crippen molar-refractivity contribution in [3.05, 3.63) is 39.4 Å². The Morgan fingerprint density at radius 3 is 2.67 bits per heavy atom. The van der Waals surface area contributed by atoms with E-state index in [4.69, 9.17) is 0 Å². The fraction of sp³-hybridized carbons (Fsp3) is 0.533. The first-order valence-corrected chi connectivity index (χ1v) is 8.00. The number of alkyl halides is 1. The molecule has 1 aromatic carbocycles. The van der Waals surface area contributed by atoms with Crippen molar-refractivity contribution in [1.82, 2.24) is 4.90 Å². The van der Waals surface area contributed by atoms with E-state index in [9.17, 15) is 14.9 Å². The molecule has 114 valence electrons. The highest BCUT2D eigenvalue weighted by Crippen LogP contribution is 2.30. The van der Waals surface area contributed by atoms with Crippen molar-refractivity contribution in [2.24, 2.45) is 0 Å². The maximum absolute atomic E-state index is 12.7. The van der Waals surface area contributed by atoms with Gasteiger partial charge in [0.2, 0.25) is 0 Å². The molecule has 0 radical (unpaired) electrons. The van der Waals surface area contributed by atoms with E-state index < -0.39 is 4.92 Å². The van der Waals surface area contributed by atoms with Gasteiger partial charge in [0.25, 0.3) is 11.6 Å². The Hall–Kier alpha value is -1.43. The Kier molecular flexibility index (Phi) is 4.98. The maximum atomic E-state index is 12.7. The van der Waals surface area contributed by atoms with E-state index in [0.29, 0.717) is 5.56 Å². The van der Waals surface area contributed by atoms with Crippen LogP contribution in [0, 0.1) is 17.0 Å². The average molecular weight is 355 g/mol. The van der Waals surface area contributed by atoms with Crippen LogP contribution in [0.4, 0.5) is 5.69 Å². The Morgan fingerprint density at radius 2 is 2.05 bits per heavy atom. The summed E-state index contributed by atoms with van der Waals surface area (Å²) in [5.41, 5.74) is 0.729. The summed E-state index contributed by atoms with van der Waals surface area (Å²) in [6.45, 7) is 1.74. The highest BCUT2D eigenvalue weighted by molar-refractivity contribution is 9.09. The number of amides is 1. The molecular weight excluding hydrogens is 336 g/mol. The zero-order valence-corrected chi connectivity index (χ0v) is 13.8. The fourth-order valence-corrected chi connectivity index (χ4v) is 3.85. The number of aryl methyl sites for hydroxylation is 1. The highest BCUT2D eigenvalue weighted by Gasteiger charge is 2.32. The van der Waals surface area contributed by atoms with E-state index in [1.54, 1.807) is 31.0 Å². The molecule has 0 spiro atoms. The van der Waals surface area contributed by atoms with Gasteiger partial charge in [0.1, 0.15) is 5.56 Å². The minimum atomic E-state index is -0.486. The molecule has 1 aliphatic carbocycles. The van der Waals surface area contributed by atoms with E-state index in [1.165, 1.54) is 6.07 Å². The van der Waals surface area contributed by atoms with Crippen molar-refractivity contribution in [3.63, 3.8) is 0 Å². The van der Waals surface area contributed by atoms with E-state index in [0.717, 1.165) is 25.7 Å². The van der Waals surface area contributed by atoms with Crippen molar-refractivity contribution in [2.75, 3.05) is 7.05 Å². The van der Waals surface area contributed by atoms with Gasteiger partial charge in [-0.3, -0.25) is 14.9 Å². The van der Waals surface area contributed by atoms with E-state index >= 15 is 0 Å². The Bertz CT molecular complexity index is 562. The van der Waals surface area contributed by atoms with Crippen LogP contribution in [0.5, 0.6) is 0 Å². The van der Waals surface area contributed by atoms with Gasteiger partial charge in [0, 0.05) is 24.0 Å². The molecule has 6 heteroatoms. The van der Waals surface area contributed by atoms with Crippen molar-refractivity contribution in [2.45, 2.75) is 43.5 Å². The molecule has 1 aromatic rings. The molecule has 0 aliphatic heterocycles. The molecule has 0 saturated heterocycles. The summed E-state index contributed by atoms with van der Waals surface area (Å²) in [7, 11) is 1.74. The van der Waals surface area contributed by atoms with Gasteiger partial charge in [0.05, 0.1) is 4.92 Å². The molecule has 1 amide bonds. The van der Waals surface area contributed by atoms with Gasteiger partial charge in [-0.15, -0.1) is 0 Å². The van der Waals surface area contributed by atoms with Crippen LogP contribution in [0.2, 0.25) is 0 Å². The molecule has 0 heterocycles. The van der Waals surface area contributed by atoms with Crippen LogP contribution >= 0.6 is 15.9 Å². The summed E-state index contributed by atoms with van der Waals surface area (Å²) >= 11 is 3.63. The largest absolute Gasteiger partial charge is 0.337 e. The van der Waals surface area contributed by atoms with Gasteiger partial charge in [-0.2, -0.15) is 0 Å². The van der Waals surface area contributed by atoms with Crippen LogP contribution in [-0.2, 0) is 0 Å². The summed E-state index contributed by atoms with van der Waals surface area (Å²) in [6, 6.07) is 4.82. The standard InChI is InChI=1S/C15H19BrN2O3/c1-10-6-5-9-13(18(20)21)14(10)15(19)17(2)12-8-4-3-7-11(12)16/h5-6,9,11-12H,3-4,7-8H2,1-2H3. The first-order chi connectivity index (χ1) is 9.93. The SMILES string of the molecule is Cc1cccc([N+](=O)[O-])c1C(=O)N(C)C1CCCCC1Br. The smallest absolute Gasteiger partial charge is 0.282 e. The summed E-state index contributed by atoms with van der Waals surface area (Å²) in [5, 5.41) is 11.2. The maximum Gasteiger partial charge on any atom is 0.282 e. The molecule has 1 saturated carbocycles. The minimum Gasteiger partial charge on any atom is -0.337 e. The Labute approximate surface area is 132 Å². The highest BCUT2D eigenvalue weighted by atomic mass is 79.9. The lowest BCUT2D eigenvalue weighted by Crippen LogP contribution is -2.44. The number of halogens is 1. The normalized spacial score (nSPS) is 21.9. The molecule has 0 aromatic heterocycles. The molecule has 1 aliphatic rings. The zero-order chi connectivity index (χ0) is 15.6. The zero-order valence-electron chi connectivity index (χ0n) is 12.2. The van der Waals surface area contributed by atoms with Gasteiger partial charge in [-0.25, -0.2) is 0 Å². The third-order valence-corrected chi connectivity index (χ3v) is 5.19. The molecular formula is C15H19BrN2O3. The molecule has 2 atom stereocenters. The number of nitro groups is 1. The Balaban J connectivity index is 2.33. The predicted octanol–water partition coefficient (Wildman–Crippen LogP) is 3.68. The topological polar surface area (TPSA) is 63.5 Å². The molecule has 2 unspecified atom stereocenters. The lowest BCUT2D eigenvalue weighted by Gasteiger charge is -2.35. The molecule has 0 N–H and O–H groups in total. The first kappa shape index (κ1) is 15.9. The third-order valence-electron chi connectivity index (χ3n) is 4.13. The fourth-order valence-electron chi connectivity index (χ4n) is 2.91. The van der Waals surface area contributed by atoms with Gasteiger partial charge < -0.3 is 4.90 Å². The second-order valence-electron chi connectivity index (χ2n) is 5.51. The van der Waals surface area contributed by atoms with Crippen LogP contribution in [0.25, 0.3) is 0 Å². The minimum absolute atomic E-state index is 0.0884. The van der Waals surface area contributed by atoms with Crippen LogP contribution < -0.4 is 0 Å². The van der Waals surface area contributed by atoms with E-state index in [-0.39, 0.29) is 28.0 Å². The predicted molar refractivity (Wildman–Crippen MR) is 84.9 cm³/mol. The molecule has 0 bridgehead atoms. The number of carbonyl (C=O) groups excluding carboxylic acids is 1. The first-order valence-electron chi connectivity index (χ1n) is 7.08. The lowest BCUT2D eigenvalue weighted by molar-refractivity contribution is -0.385. The number of nitro benzene ring substituents is 1. The number of carbonyl (C=O) groups is 1. The van der Waals surface area contributed by atoms with Crippen LogP contribution in [0.1, 0.15) is 41.6 Å². The summed E-state index contributed by atoms with van der Waals surface area (Å²) < 4.78 is 0. The third kappa shape index (κ3) is 3.26. The number of benzene rings is 1. The van der Waals surface area contributed by atoms with Gasteiger partial charge in [0.15, 0.2) is 0 Å². The van der Waals surface area contributed by atoms with Crippen LogP contribution in [0.15, 0.2) is 18.2 Å². The van der Waals surface area contributed by atoms with Crippen LogP contribution in [0.3, 0.4) is 0 Å². The van der Waals surface area contributed by atoms with Crippen LogP contribution in [-0.4, -0.2) is 33.6 Å². The summed E-state index contributed by atoms with van der Waals surface area (Å²) in [6.07, 6.45) is 4.19. The Morgan fingerprint density at radius 1 is 1.38 bits per heavy atom. The van der Waals surface area contributed by atoms with Crippen molar-refractivity contribution >= 4 is 27.5 Å². The summed E-state index contributed by atoms with van der Waals surface area (Å²) in [4.78, 5) is 25.3. The number of nitrogens with zero attached hydrogens (tertiary/aromatic N) is 2. The average Bonchev–Trinajstić information content (AvgIpc) is 2.46. The van der Waals surface area contributed by atoms with Gasteiger partial charge in [-0.1, -0.05) is 40.9 Å². The van der Waals surface area contributed by atoms with Crippen molar-refractivity contribution < 1.29 is 9.72 Å².